The molecule has 1 amide bonds. The van der Waals surface area contributed by atoms with E-state index in [4.69, 9.17) is 5.73 Å². The first-order valence-electron chi connectivity index (χ1n) is 6.43. The van der Waals surface area contributed by atoms with Crippen molar-refractivity contribution in [3.8, 4) is 5.75 Å². The molecule has 2 rings (SSSR count). The number of hydrogen-bond donors (Lipinski definition) is 2. The molecule has 1 aromatic carbocycles. The summed E-state index contributed by atoms with van der Waals surface area (Å²) >= 11 is 0. The van der Waals surface area contributed by atoms with E-state index < -0.39 is 0 Å². The van der Waals surface area contributed by atoms with Gasteiger partial charge in [0, 0.05) is 24.7 Å². The van der Waals surface area contributed by atoms with Crippen LogP contribution in [0.3, 0.4) is 0 Å². The third-order valence-electron chi connectivity index (χ3n) is 3.73. The molecule has 0 bridgehead atoms. The summed E-state index contributed by atoms with van der Waals surface area (Å²) in [7, 11) is 0. The lowest BCUT2D eigenvalue weighted by Crippen LogP contribution is -2.51. The number of carbonyl (C=O) groups excluding carboxylic acids is 1. The van der Waals surface area contributed by atoms with E-state index in [2.05, 4.69) is 6.92 Å². The Labute approximate surface area is 107 Å². The SMILES string of the molecule is CC1CCCN(C(=O)c2ccc(O)cc2)C1CN. The number of nitrogens with zero attached hydrogens (tertiary/aromatic N) is 1. The van der Waals surface area contributed by atoms with Gasteiger partial charge in [-0.05, 0) is 43.0 Å². The van der Waals surface area contributed by atoms with E-state index in [-0.39, 0.29) is 17.7 Å². The first kappa shape index (κ1) is 12.9. The van der Waals surface area contributed by atoms with Gasteiger partial charge in [-0.1, -0.05) is 6.92 Å². The van der Waals surface area contributed by atoms with Crippen LogP contribution in [0.4, 0.5) is 0 Å². The monoisotopic (exact) mass is 248 g/mol. The topological polar surface area (TPSA) is 66.6 Å². The number of carbonyl (C=O) groups is 1. The maximum atomic E-state index is 12.4. The molecule has 0 aromatic heterocycles. The summed E-state index contributed by atoms with van der Waals surface area (Å²) in [4.78, 5) is 14.3. The van der Waals surface area contributed by atoms with Crippen LogP contribution in [-0.2, 0) is 0 Å². The van der Waals surface area contributed by atoms with E-state index in [1.165, 1.54) is 12.1 Å². The lowest BCUT2D eigenvalue weighted by molar-refractivity contribution is 0.0532. The molecule has 2 atom stereocenters. The van der Waals surface area contributed by atoms with E-state index in [0.717, 1.165) is 19.4 Å². The Morgan fingerprint density at radius 1 is 1.44 bits per heavy atom. The van der Waals surface area contributed by atoms with Gasteiger partial charge >= 0.3 is 0 Å². The van der Waals surface area contributed by atoms with Crippen molar-refractivity contribution in [3.63, 3.8) is 0 Å². The number of benzene rings is 1. The van der Waals surface area contributed by atoms with Gasteiger partial charge in [0.05, 0.1) is 0 Å². The molecule has 1 saturated heterocycles. The van der Waals surface area contributed by atoms with Gasteiger partial charge in [-0.3, -0.25) is 4.79 Å². The van der Waals surface area contributed by atoms with E-state index in [1.807, 2.05) is 4.90 Å². The highest BCUT2D eigenvalue weighted by molar-refractivity contribution is 5.94. The van der Waals surface area contributed by atoms with E-state index in [1.54, 1.807) is 12.1 Å². The average molecular weight is 248 g/mol. The average Bonchev–Trinajstić information content (AvgIpc) is 2.38. The number of amides is 1. The first-order chi connectivity index (χ1) is 8.63. The first-order valence-corrected chi connectivity index (χ1v) is 6.43. The van der Waals surface area contributed by atoms with Crippen molar-refractivity contribution < 1.29 is 9.90 Å². The summed E-state index contributed by atoms with van der Waals surface area (Å²) in [6.45, 7) is 3.42. The Kier molecular flexibility index (Phi) is 3.87. The van der Waals surface area contributed by atoms with Gasteiger partial charge in [-0.25, -0.2) is 0 Å². The molecular weight excluding hydrogens is 228 g/mol. The molecule has 3 N–H and O–H groups in total. The number of phenols is 1. The second-order valence-electron chi connectivity index (χ2n) is 4.97. The fraction of sp³-hybridized carbons (Fsp3) is 0.500. The van der Waals surface area contributed by atoms with Crippen LogP contribution in [0.15, 0.2) is 24.3 Å². The lowest BCUT2D eigenvalue weighted by Gasteiger charge is -2.39. The van der Waals surface area contributed by atoms with E-state index in [0.29, 0.717) is 18.0 Å². The highest BCUT2D eigenvalue weighted by Gasteiger charge is 2.31. The van der Waals surface area contributed by atoms with Gasteiger partial charge in [-0.15, -0.1) is 0 Å². The van der Waals surface area contributed by atoms with Crippen molar-refractivity contribution in [2.24, 2.45) is 11.7 Å². The molecule has 4 heteroatoms. The van der Waals surface area contributed by atoms with Crippen LogP contribution in [0, 0.1) is 5.92 Å². The van der Waals surface area contributed by atoms with Crippen molar-refractivity contribution in [2.45, 2.75) is 25.8 Å². The Morgan fingerprint density at radius 2 is 2.11 bits per heavy atom. The Morgan fingerprint density at radius 3 is 2.72 bits per heavy atom. The molecule has 1 heterocycles. The van der Waals surface area contributed by atoms with Crippen molar-refractivity contribution in [1.29, 1.82) is 0 Å². The van der Waals surface area contributed by atoms with Crippen LogP contribution < -0.4 is 5.73 Å². The van der Waals surface area contributed by atoms with Crippen LogP contribution in [-0.4, -0.2) is 35.0 Å². The number of hydrogen-bond acceptors (Lipinski definition) is 3. The smallest absolute Gasteiger partial charge is 0.254 e. The molecule has 0 saturated carbocycles. The molecular formula is C14H20N2O2. The molecule has 18 heavy (non-hydrogen) atoms. The maximum absolute atomic E-state index is 12.4. The van der Waals surface area contributed by atoms with Gasteiger partial charge < -0.3 is 15.7 Å². The van der Waals surface area contributed by atoms with Crippen LogP contribution >= 0.6 is 0 Å². The summed E-state index contributed by atoms with van der Waals surface area (Å²) in [5.41, 5.74) is 6.40. The molecule has 98 valence electrons. The van der Waals surface area contributed by atoms with Gasteiger partial charge in [0.15, 0.2) is 0 Å². The quantitative estimate of drug-likeness (QED) is 0.835. The number of rotatable bonds is 2. The van der Waals surface area contributed by atoms with Crippen molar-refractivity contribution in [3.05, 3.63) is 29.8 Å². The molecule has 1 aromatic rings. The molecule has 4 nitrogen and oxygen atoms in total. The summed E-state index contributed by atoms with van der Waals surface area (Å²) in [6.07, 6.45) is 2.16. The van der Waals surface area contributed by atoms with E-state index in [9.17, 15) is 9.90 Å². The predicted octanol–water partition coefficient (Wildman–Crippen LogP) is 1.59. The molecule has 1 aliphatic heterocycles. The standard InChI is InChI=1S/C14H20N2O2/c1-10-3-2-8-16(13(10)9-15)14(18)11-4-6-12(17)7-5-11/h4-7,10,13,17H,2-3,8-9,15H2,1H3. The number of aromatic hydroxyl groups is 1. The molecule has 1 aliphatic rings. The zero-order valence-electron chi connectivity index (χ0n) is 10.7. The Balaban J connectivity index is 2.18. The summed E-state index contributed by atoms with van der Waals surface area (Å²) in [5.74, 6) is 0.635. The van der Waals surface area contributed by atoms with Crippen LogP contribution in [0.2, 0.25) is 0 Å². The fourth-order valence-electron chi connectivity index (χ4n) is 2.63. The highest BCUT2D eigenvalue weighted by Crippen LogP contribution is 2.24. The summed E-state index contributed by atoms with van der Waals surface area (Å²) < 4.78 is 0. The van der Waals surface area contributed by atoms with Gasteiger partial charge in [0.1, 0.15) is 5.75 Å². The minimum atomic E-state index is 0.0111. The maximum Gasteiger partial charge on any atom is 0.254 e. The van der Waals surface area contributed by atoms with Gasteiger partial charge in [0.2, 0.25) is 0 Å². The van der Waals surface area contributed by atoms with Crippen LogP contribution in [0.5, 0.6) is 5.75 Å². The van der Waals surface area contributed by atoms with Crippen molar-refractivity contribution >= 4 is 5.91 Å². The molecule has 0 spiro atoms. The Hall–Kier alpha value is -1.55. The van der Waals surface area contributed by atoms with Gasteiger partial charge in [0.25, 0.3) is 5.91 Å². The number of piperidine rings is 1. The van der Waals surface area contributed by atoms with E-state index >= 15 is 0 Å². The molecule has 0 radical (unpaired) electrons. The second kappa shape index (κ2) is 5.40. The minimum absolute atomic E-state index is 0.0111. The third kappa shape index (κ3) is 2.48. The minimum Gasteiger partial charge on any atom is -0.508 e. The molecule has 0 aliphatic carbocycles. The second-order valence-corrected chi connectivity index (χ2v) is 4.97. The number of likely N-dealkylation sites (tertiary alicyclic amines) is 1. The molecule has 2 unspecified atom stereocenters. The number of phenolic OH excluding ortho intramolecular Hbond substituents is 1. The van der Waals surface area contributed by atoms with Crippen molar-refractivity contribution in [1.82, 2.24) is 4.90 Å². The zero-order valence-corrected chi connectivity index (χ0v) is 10.7. The predicted molar refractivity (Wildman–Crippen MR) is 70.4 cm³/mol. The summed E-state index contributed by atoms with van der Waals surface area (Å²) in [6, 6.07) is 6.52. The van der Waals surface area contributed by atoms with Gasteiger partial charge in [-0.2, -0.15) is 0 Å². The highest BCUT2D eigenvalue weighted by atomic mass is 16.3. The molecule has 1 fully saturated rings. The van der Waals surface area contributed by atoms with Crippen LogP contribution in [0.25, 0.3) is 0 Å². The normalized spacial score (nSPS) is 24.0. The third-order valence-corrected chi connectivity index (χ3v) is 3.73. The fourth-order valence-corrected chi connectivity index (χ4v) is 2.63. The lowest BCUT2D eigenvalue weighted by atomic mass is 9.90. The zero-order chi connectivity index (χ0) is 13.1. The Bertz CT molecular complexity index is 416. The van der Waals surface area contributed by atoms with Crippen LogP contribution in [0.1, 0.15) is 30.1 Å². The summed E-state index contributed by atoms with van der Waals surface area (Å²) in [5, 5.41) is 9.24. The van der Waals surface area contributed by atoms with Crippen molar-refractivity contribution in [2.75, 3.05) is 13.1 Å². The largest absolute Gasteiger partial charge is 0.508 e. The number of nitrogens with two attached hydrogens (primary N) is 1.